The number of para-hydroxylation sites is 1. The number of hydrogen-bond donors (Lipinski definition) is 1. The fourth-order valence-electron chi connectivity index (χ4n) is 1.97. The first-order valence-electron chi connectivity index (χ1n) is 6.28. The molecule has 0 aliphatic carbocycles. The number of ether oxygens (including phenoxy) is 2. The normalized spacial score (nSPS) is 17.1. The molecule has 2 rings (SSSR count). The van der Waals surface area contributed by atoms with Crippen LogP contribution in [0.2, 0.25) is 0 Å². The molecule has 19 heavy (non-hydrogen) atoms. The molecule has 1 aromatic carbocycles. The Kier molecular flexibility index (Phi) is 3.51. The van der Waals surface area contributed by atoms with Gasteiger partial charge in [0.2, 0.25) is 0 Å². The summed E-state index contributed by atoms with van der Waals surface area (Å²) in [5, 5.41) is 3.13. The molecule has 0 fully saturated rings. The molecule has 102 valence electrons. The molecule has 0 amide bonds. The number of anilines is 1. The zero-order chi connectivity index (χ0) is 14.0. The van der Waals surface area contributed by atoms with Gasteiger partial charge in [0.1, 0.15) is 11.6 Å². The van der Waals surface area contributed by atoms with Crippen molar-refractivity contribution in [1.29, 1.82) is 0 Å². The highest BCUT2D eigenvalue weighted by molar-refractivity contribution is 5.81. The van der Waals surface area contributed by atoms with Gasteiger partial charge in [-0.15, -0.1) is 0 Å². The first-order chi connectivity index (χ1) is 8.93. The van der Waals surface area contributed by atoms with Crippen LogP contribution >= 0.6 is 0 Å². The van der Waals surface area contributed by atoms with Gasteiger partial charge in [0.05, 0.1) is 12.8 Å². The summed E-state index contributed by atoms with van der Waals surface area (Å²) in [4.78, 5) is 11.5. The summed E-state index contributed by atoms with van der Waals surface area (Å²) in [5.41, 5.74) is 1.45. The summed E-state index contributed by atoms with van der Waals surface area (Å²) < 4.78 is 10.7. The summed E-state index contributed by atoms with van der Waals surface area (Å²) in [7, 11) is 1.38. The number of rotatable bonds is 3. The van der Waals surface area contributed by atoms with Crippen LogP contribution in [-0.4, -0.2) is 24.7 Å². The fraction of sp³-hybridized carbons (Fsp3) is 0.400. The number of methoxy groups -OCH3 is 1. The third-order valence-corrected chi connectivity index (χ3v) is 3.00. The zero-order valence-electron chi connectivity index (χ0n) is 11.7. The lowest BCUT2D eigenvalue weighted by atomic mass is 10.0. The molecule has 4 nitrogen and oxygen atoms in total. The van der Waals surface area contributed by atoms with Crippen molar-refractivity contribution in [3.05, 3.63) is 29.8 Å². The Morgan fingerprint density at radius 3 is 2.84 bits per heavy atom. The van der Waals surface area contributed by atoms with E-state index in [1.165, 1.54) is 7.11 Å². The van der Waals surface area contributed by atoms with Gasteiger partial charge in [-0.2, -0.15) is 0 Å². The molecule has 0 radical (unpaired) electrons. The van der Waals surface area contributed by atoms with Crippen molar-refractivity contribution in [3.8, 4) is 5.75 Å². The minimum absolute atomic E-state index is 0.303. The van der Waals surface area contributed by atoms with Crippen molar-refractivity contribution < 1.29 is 14.3 Å². The van der Waals surface area contributed by atoms with Crippen LogP contribution in [-0.2, 0) is 9.53 Å². The predicted molar refractivity (Wildman–Crippen MR) is 75.3 cm³/mol. The quantitative estimate of drug-likeness (QED) is 0.850. The smallest absolute Gasteiger partial charge is 0.327 e. The minimum Gasteiger partial charge on any atom is -0.481 e. The van der Waals surface area contributed by atoms with E-state index in [2.05, 4.69) is 5.32 Å². The van der Waals surface area contributed by atoms with E-state index in [-0.39, 0.29) is 11.6 Å². The standard InChI is InChI=1S/C15H19NO3/c1-10(14(17)18-4)16-12-7-5-6-11-8-9-15(2,3)19-13(11)12/h5-10,16H,1-4H3. The second-order valence-corrected chi connectivity index (χ2v) is 5.15. The highest BCUT2D eigenvalue weighted by Crippen LogP contribution is 2.37. The van der Waals surface area contributed by atoms with Crippen molar-refractivity contribution in [2.45, 2.75) is 32.4 Å². The van der Waals surface area contributed by atoms with Crippen LogP contribution in [0.4, 0.5) is 5.69 Å². The maximum Gasteiger partial charge on any atom is 0.327 e. The Labute approximate surface area is 113 Å². The first-order valence-corrected chi connectivity index (χ1v) is 6.28. The number of carbonyl (C=O) groups excluding carboxylic acids is 1. The lowest BCUT2D eigenvalue weighted by Gasteiger charge is -2.30. The van der Waals surface area contributed by atoms with E-state index >= 15 is 0 Å². The average Bonchev–Trinajstić information content (AvgIpc) is 2.37. The molecule has 0 saturated heterocycles. The summed E-state index contributed by atoms with van der Waals surface area (Å²) in [6.07, 6.45) is 4.05. The van der Waals surface area contributed by atoms with Gasteiger partial charge >= 0.3 is 5.97 Å². The van der Waals surface area contributed by atoms with E-state index in [1.807, 2.05) is 44.2 Å². The van der Waals surface area contributed by atoms with Crippen molar-refractivity contribution in [2.75, 3.05) is 12.4 Å². The van der Waals surface area contributed by atoms with Gasteiger partial charge in [0.25, 0.3) is 0 Å². The first kappa shape index (κ1) is 13.5. The lowest BCUT2D eigenvalue weighted by molar-refractivity contribution is -0.141. The Hall–Kier alpha value is -1.97. The molecule has 0 saturated carbocycles. The van der Waals surface area contributed by atoms with E-state index in [0.29, 0.717) is 0 Å². The zero-order valence-corrected chi connectivity index (χ0v) is 11.7. The number of hydrogen-bond acceptors (Lipinski definition) is 4. The van der Waals surface area contributed by atoms with Gasteiger partial charge in [-0.1, -0.05) is 18.2 Å². The highest BCUT2D eigenvalue weighted by atomic mass is 16.5. The molecule has 0 bridgehead atoms. The molecule has 4 heteroatoms. The van der Waals surface area contributed by atoms with Gasteiger partial charge < -0.3 is 14.8 Å². The van der Waals surface area contributed by atoms with Gasteiger partial charge in [0.15, 0.2) is 5.75 Å². The Balaban J connectivity index is 2.29. The van der Waals surface area contributed by atoms with Crippen molar-refractivity contribution in [2.24, 2.45) is 0 Å². The van der Waals surface area contributed by atoms with Crippen molar-refractivity contribution in [3.63, 3.8) is 0 Å². The molecule has 0 spiro atoms. The molecular formula is C15H19NO3. The molecule has 0 aromatic heterocycles. The van der Waals surface area contributed by atoms with Gasteiger partial charge in [0, 0.05) is 5.56 Å². The van der Waals surface area contributed by atoms with Crippen LogP contribution in [0.3, 0.4) is 0 Å². The molecule has 1 N–H and O–H groups in total. The molecule has 1 unspecified atom stereocenters. The predicted octanol–water partition coefficient (Wildman–Crippen LogP) is 2.84. The maximum absolute atomic E-state index is 11.5. The summed E-state index contributed by atoms with van der Waals surface area (Å²) in [6, 6.07) is 5.38. The summed E-state index contributed by atoms with van der Waals surface area (Å²) in [6.45, 7) is 5.74. The van der Waals surface area contributed by atoms with Crippen LogP contribution in [0.1, 0.15) is 26.3 Å². The SMILES string of the molecule is COC(=O)C(C)Nc1cccc2c1OC(C)(C)C=C2. The number of fused-ring (bicyclic) bond motifs is 1. The van der Waals surface area contributed by atoms with Gasteiger partial charge in [-0.3, -0.25) is 0 Å². The average molecular weight is 261 g/mol. The molecular weight excluding hydrogens is 242 g/mol. The van der Waals surface area contributed by atoms with Crippen LogP contribution in [0.15, 0.2) is 24.3 Å². The van der Waals surface area contributed by atoms with E-state index in [4.69, 9.17) is 9.47 Å². The lowest BCUT2D eigenvalue weighted by Crippen LogP contribution is -2.30. The molecule has 1 aliphatic heterocycles. The topological polar surface area (TPSA) is 47.6 Å². The van der Waals surface area contributed by atoms with Crippen molar-refractivity contribution in [1.82, 2.24) is 0 Å². The summed E-state index contributed by atoms with van der Waals surface area (Å²) >= 11 is 0. The molecule has 1 heterocycles. The Bertz CT molecular complexity index is 520. The van der Waals surface area contributed by atoms with E-state index in [0.717, 1.165) is 17.0 Å². The van der Waals surface area contributed by atoms with E-state index in [1.54, 1.807) is 6.92 Å². The fourth-order valence-corrected chi connectivity index (χ4v) is 1.97. The largest absolute Gasteiger partial charge is 0.481 e. The maximum atomic E-state index is 11.5. The van der Waals surface area contributed by atoms with Crippen LogP contribution < -0.4 is 10.1 Å². The molecule has 1 aromatic rings. The Morgan fingerprint density at radius 1 is 1.42 bits per heavy atom. The second kappa shape index (κ2) is 4.96. The van der Waals surface area contributed by atoms with Crippen molar-refractivity contribution >= 4 is 17.7 Å². The Morgan fingerprint density at radius 2 is 2.16 bits per heavy atom. The third kappa shape index (κ3) is 2.89. The number of carbonyl (C=O) groups is 1. The highest BCUT2D eigenvalue weighted by Gasteiger charge is 2.25. The molecule has 1 aliphatic rings. The number of nitrogens with one attached hydrogen (secondary N) is 1. The van der Waals surface area contributed by atoms with E-state index < -0.39 is 6.04 Å². The second-order valence-electron chi connectivity index (χ2n) is 5.15. The van der Waals surface area contributed by atoms with Crippen LogP contribution in [0.25, 0.3) is 6.08 Å². The molecule has 1 atom stereocenters. The summed E-state index contributed by atoms with van der Waals surface area (Å²) in [5.74, 6) is 0.467. The number of esters is 1. The van der Waals surface area contributed by atoms with Crippen LogP contribution in [0.5, 0.6) is 5.75 Å². The third-order valence-electron chi connectivity index (χ3n) is 3.00. The van der Waals surface area contributed by atoms with E-state index in [9.17, 15) is 4.79 Å². The van der Waals surface area contributed by atoms with Gasteiger partial charge in [-0.05, 0) is 32.9 Å². The monoisotopic (exact) mass is 261 g/mol. The van der Waals surface area contributed by atoms with Crippen LogP contribution in [0, 0.1) is 0 Å². The van der Waals surface area contributed by atoms with Gasteiger partial charge in [-0.25, -0.2) is 4.79 Å². The minimum atomic E-state index is -0.422. The number of benzene rings is 1.